The monoisotopic (exact) mass is 242 g/mol. The predicted molar refractivity (Wildman–Crippen MR) is 60.9 cm³/mol. The maximum absolute atomic E-state index is 10.7. The van der Waals surface area contributed by atoms with Gasteiger partial charge >= 0.3 is 0 Å². The SMILES string of the molecule is Nc1c(CCO)cc([N+](=O)[O-])cc1OCCO. The molecule has 0 unspecified atom stereocenters. The van der Waals surface area contributed by atoms with Crippen LogP contribution in [0.4, 0.5) is 11.4 Å². The van der Waals surface area contributed by atoms with E-state index >= 15 is 0 Å². The second kappa shape index (κ2) is 6.02. The molecule has 7 heteroatoms. The Morgan fingerprint density at radius 1 is 1.35 bits per heavy atom. The summed E-state index contributed by atoms with van der Waals surface area (Å²) in [7, 11) is 0. The first-order chi connectivity index (χ1) is 8.10. The maximum Gasteiger partial charge on any atom is 0.273 e. The second-order valence-electron chi connectivity index (χ2n) is 3.32. The fraction of sp³-hybridized carbons (Fsp3) is 0.400. The summed E-state index contributed by atoms with van der Waals surface area (Å²) in [5, 5.41) is 28.2. The number of aliphatic hydroxyl groups excluding tert-OH is 2. The molecule has 0 aliphatic carbocycles. The molecule has 1 aromatic rings. The molecule has 0 fully saturated rings. The lowest BCUT2D eigenvalue weighted by molar-refractivity contribution is -0.385. The summed E-state index contributed by atoms with van der Waals surface area (Å²) in [6.07, 6.45) is 0.211. The van der Waals surface area contributed by atoms with E-state index in [1.807, 2.05) is 0 Å². The Kier molecular flexibility index (Phi) is 4.68. The summed E-state index contributed by atoms with van der Waals surface area (Å²) in [5.74, 6) is 0.150. The van der Waals surface area contributed by atoms with Crippen LogP contribution in [0.5, 0.6) is 5.75 Å². The Bertz CT molecular complexity index is 408. The van der Waals surface area contributed by atoms with E-state index in [4.69, 9.17) is 20.7 Å². The summed E-state index contributed by atoms with van der Waals surface area (Å²) in [6.45, 7) is -0.369. The van der Waals surface area contributed by atoms with Crippen molar-refractivity contribution in [3.05, 3.63) is 27.8 Å². The first-order valence-electron chi connectivity index (χ1n) is 5.01. The minimum atomic E-state index is -0.563. The molecule has 0 radical (unpaired) electrons. The Labute approximate surface area is 97.6 Å². The molecule has 0 spiro atoms. The molecule has 0 amide bonds. The van der Waals surface area contributed by atoms with Crippen molar-refractivity contribution in [3.63, 3.8) is 0 Å². The molecule has 0 aliphatic heterocycles. The number of ether oxygens (including phenoxy) is 1. The highest BCUT2D eigenvalue weighted by Gasteiger charge is 2.15. The number of nitrogens with two attached hydrogens (primary N) is 1. The second-order valence-corrected chi connectivity index (χ2v) is 3.32. The Morgan fingerprint density at radius 3 is 2.59 bits per heavy atom. The van der Waals surface area contributed by atoms with Gasteiger partial charge in [-0.3, -0.25) is 10.1 Å². The van der Waals surface area contributed by atoms with E-state index < -0.39 is 4.92 Å². The van der Waals surface area contributed by atoms with Crippen molar-refractivity contribution in [2.24, 2.45) is 0 Å². The largest absolute Gasteiger partial charge is 0.489 e. The number of rotatable bonds is 6. The van der Waals surface area contributed by atoms with E-state index in [-0.39, 0.29) is 43.4 Å². The zero-order chi connectivity index (χ0) is 12.8. The summed E-state index contributed by atoms with van der Waals surface area (Å²) < 4.78 is 5.10. The number of anilines is 1. The number of nitrogen functional groups attached to an aromatic ring is 1. The van der Waals surface area contributed by atoms with Gasteiger partial charge in [0.15, 0.2) is 0 Å². The van der Waals surface area contributed by atoms with Crippen LogP contribution in [0.2, 0.25) is 0 Å². The van der Waals surface area contributed by atoms with E-state index in [0.29, 0.717) is 5.56 Å². The van der Waals surface area contributed by atoms with Crippen LogP contribution in [-0.2, 0) is 6.42 Å². The summed E-state index contributed by atoms with van der Waals surface area (Å²) in [4.78, 5) is 10.1. The quantitative estimate of drug-likeness (QED) is 0.369. The van der Waals surface area contributed by atoms with Crippen molar-refractivity contribution in [2.45, 2.75) is 6.42 Å². The zero-order valence-corrected chi connectivity index (χ0v) is 9.13. The molecule has 0 aromatic heterocycles. The molecular formula is C10H14N2O5. The van der Waals surface area contributed by atoms with Gasteiger partial charge in [0.1, 0.15) is 12.4 Å². The van der Waals surface area contributed by atoms with Crippen molar-refractivity contribution in [3.8, 4) is 5.75 Å². The predicted octanol–water partition coefficient (Wildman–Crippen LogP) is 0.0829. The van der Waals surface area contributed by atoms with Gasteiger partial charge in [-0.05, 0) is 12.0 Å². The molecule has 7 nitrogen and oxygen atoms in total. The van der Waals surface area contributed by atoms with Crippen molar-refractivity contribution in [2.75, 3.05) is 25.6 Å². The average molecular weight is 242 g/mol. The zero-order valence-electron chi connectivity index (χ0n) is 9.13. The Balaban J connectivity index is 3.12. The highest BCUT2D eigenvalue weighted by Crippen LogP contribution is 2.31. The molecule has 0 saturated carbocycles. The van der Waals surface area contributed by atoms with Gasteiger partial charge in [0.05, 0.1) is 23.3 Å². The highest BCUT2D eigenvalue weighted by molar-refractivity contribution is 5.63. The molecule has 4 N–H and O–H groups in total. The number of hydrogen-bond donors (Lipinski definition) is 3. The summed E-state index contributed by atoms with van der Waals surface area (Å²) in [5.41, 5.74) is 6.28. The molecule has 0 atom stereocenters. The Hall–Kier alpha value is -1.86. The van der Waals surface area contributed by atoms with Gasteiger partial charge < -0.3 is 20.7 Å². The van der Waals surface area contributed by atoms with Gasteiger partial charge in [0.25, 0.3) is 5.69 Å². The lowest BCUT2D eigenvalue weighted by Gasteiger charge is -2.11. The van der Waals surface area contributed by atoms with Crippen LogP contribution < -0.4 is 10.5 Å². The number of nitro groups is 1. The molecule has 0 aliphatic rings. The third kappa shape index (κ3) is 3.30. The van der Waals surface area contributed by atoms with Crippen LogP contribution >= 0.6 is 0 Å². The third-order valence-corrected chi connectivity index (χ3v) is 2.15. The third-order valence-electron chi connectivity index (χ3n) is 2.15. The standard InChI is InChI=1S/C10H14N2O5/c11-10-7(1-2-13)5-8(12(15)16)6-9(10)17-4-3-14/h5-6,13-14H,1-4,11H2. The van der Waals surface area contributed by atoms with Crippen LogP contribution in [0.1, 0.15) is 5.56 Å². The van der Waals surface area contributed by atoms with Crippen LogP contribution in [0.3, 0.4) is 0 Å². The van der Waals surface area contributed by atoms with Crippen molar-refractivity contribution < 1.29 is 19.9 Å². The molecule has 1 rings (SSSR count). The van der Waals surface area contributed by atoms with Gasteiger partial charge in [-0.25, -0.2) is 0 Å². The Morgan fingerprint density at radius 2 is 2.06 bits per heavy atom. The van der Waals surface area contributed by atoms with Crippen LogP contribution in [-0.4, -0.2) is 35.0 Å². The van der Waals surface area contributed by atoms with Gasteiger partial charge in [-0.15, -0.1) is 0 Å². The van der Waals surface area contributed by atoms with E-state index in [1.54, 1.807) is 0 Å². The van der Waals surface area contributed by atoms with Crippen molar-refractivity contribution in [1.29, 1.82) is 0 Å². The number of hydrogen-bond acceptors (Lipinski definition) is 6. The molecule has 94 valence electrons. The molecule has 17 heavy (non-hydrogen) atoms. The fourth-order valence-corrected chi connectivity index (χ4v) is 1.38. The molecule has 0 heterocycles. The summed E-state index contributed by atoms with van der Waals surface area (Å²) >= 11 is 0. The molecule has 1 aromatic carbocycles. The van der Waals surface area contributed by atoms with E-state index in [2.05, 4.69) is 0 Å². The molecule has 0 bridgehead atoms. The lowest BCUT2D eigenvalue weighted by Crippen LogP contribution is -2.07. The molecule has 0 saturated heterocycles. The maximum atomic E-state index is 10.7. The topological polar surface area (TPSA) is 119 Å². The van der Waals surface area contributed by atoms with Crippen LogP contribution in [0, 0.1) is 10.1 Å². The number of nitro benzene ring substituents is 1. The van der Waals surface area contributed by atoms with Gasteiger partial charge in [-0.1, -0.05) is 0 Å². The smallest absolute Gasteiger partial charge is 0.273 e. The van der Waals surface area contributed by atoms with E-state index in [1.165, 1.54) is 12.1 Å². The fourth-order valence-electron chi connectivity index (χ4n) is 1.38. The number of nitrogens with zero attached hydrogens (tertiary/aromatic N) is 1. The highest BCUT2D eigenvalue weighted by atomic mass is 16.6. The average Bonchev–Trinajstić information content (AvgIpc) is 2.30. The van der Waals surface area contributed by atoms with Crippen molar-refractivity contribution in [1.82, 2.24) is 0 Å². The van der Waals surface area contributed by atoms with E-state index in [9.17, 15) is 10.1 Å². The molecular weight excluding hydrogens is 228 g/mol. The van der Waals surface area contributed by atoms with E-state index in [0.717, 1.165) is 0 Å². The van der Waals surface area contributed by atoms with Gasteiger partial charge in [-0.2, -0.15) is 0 Å². The minimum Gasteiger partial charge on any atom is -0.489 e. The summed E-state index contributed by atoms with van der Waals surface area (Å²) in [6, 6.07) is 2.50. The van der Waals surface area contributed by atoms with Gasteiger partial charge in [0.2, 0.25) is 0 Å². The first-order valence-corrected chi connectivity index (χ1v) is 5.01. The van der Waals surface area contributed by atoms with Crippen LogP contribution in [0.25, 0.3) is 0 Å². The van der Waals surface area contributed by atoms with Crippen molar-refractivity contribution >= 4 is 11.4 Å². The lowest BCUT2D eigenvalue weighted by atomic mass is 10.1. The normalized spacial score (nSPS) is 10.2. The number of non-ortho nitro benzene ring substituents is 1. The van der Waals surface area contributed by atoms with Crippen LogP contribution in [0.15, 0.2) is 12.1 Å². The number of benzene rings is 1. The number of aliphatic hydroxyl groups is 2. The first kappa shape index (κ1) is 13.2. The minimum absolute atomic E-state index is 0.00390. The van der Waals surface area contributed by atoms with Gasteiger partial charge in [0, 0.05) is 12.7 Å².